The minimum atomic E-state index is 0.705. The Morgan fingerprint density at radius 2 is 1.54 bits per heavy atom. The normalized spacial score (nSPS) is 12.0. The third-order valence-corrected chi connectivity index (χ3v) is 5.09. The molecular formula is C24H16ClN3. The van der Waals surface area contributed by atoms with Crippen molar-refractivity contribution in [3.05, 3.63) is 107 Å². The SMILES string of the molecule is Clc1ccc(C(=Cc2cccc3ccccc23)n2nnc3ccccc32)cc1. The quantitative estimate of drug-likeness (QED) is 0.344. The van der Waals surface area contributed by atoms with Crippen LogP contribution in [0.2, 0.25) is 5.02 Å². The lowest BCUT2D eigenvalue weighted by molar-refractivity contribution is 0.843. The van der Waals surface area contributed by atoms with Gasteiger partial charge < -0.3 is 0 Å². The molecule has 0 N–H and O–H groups in total. The van der Waals surface area contributed by atoms with Gasteiger partial charge in [-0.3, -0.25) is 0 Å². The predicted octanol–water partition coefficient (Wildman–Crippen LogP) is 6.28. The maximum Gasteiger partial charge on any atom is 0.113 e. The van der Waals surface area contributed by atoms with Crippen molar-refractivity contribution < 1.29 is 0 Å². The molecular weight excluding hydrogens is 366 g/mol. The molecule has 0 aliphatic heterocycles. The Labute approximate surface area is 167 Å². The van der Waals surface area contributed by atoms with Gasteiger partial charge in [-0.05, 0) is 46.7 Å². The number of aromatic nitrogens is 3. The number of para-hydroxylation sites is 1. The molecule has 5 rings (SSSR count). The summed E-state index contributed by atoms with van der Waals surface area (Å²) in [5.41, 5.74) is 4.92. The van der Waals surface area contributed by atoms with Gasteiger partial charge in [0.1, 0.15) is 5.52 Å². The molecule has 0 spiro atoms. The van der Waals surface area contributed by atoms with E-state index >= 15 is 0 Å². The van der Waals surface area contributed by atoms with Crippen molar-refractivity contribution in [2.75, 3.05) is 0 Å². The number of hydrogen-bond donors (Lipinski definition) is 0. The van der Waals surface area contributed by atoms with Gasteiger partial charge in [0.15, 0.2) is 0 Å². The lowest BCUT2D eigenvalue weighted by Gasteiger charge is -2.11. The second-order valence-electron chi connectivity index (χ2n) is 6.59. The van der Waals surface area contributed by atoms with E-state index in [4.69, 9.17) is 11.6 Å². The maximum absolute atomic E-state index is 6.12. The second-order valence-corrected chi connectivity index (χ2v) is 7.03. The molecule has 0 unspecified atom stereocenters. The maximum atomic E-state index is 6.12. The summed E-state index contributed by atoms with van der Waals surface area (Å²) in [6.45, 7) is 0. The minimum absolute atomic E-state index is 0.705. The minimum Gasteiger partial charge on any atom is -0.212 e. The molecule has 0 saturated heterocycles. The van der Waals surface area contributed by atoms with Crippen LogP contribution in [0, 0.1) is 0 Å². The molecule has 0 fully saturated rings. The first-order valence-electron chi connectivity index (χ1n) is 9.06. The Kier molecular flexibility index (Phi) is 4.15. The van der Waals surface area contributed by atoms with Crippen molar-refractivity contribution >= 4 is 45.2 Å². The first-order chi connectivity index (χ1) is 13.8. The zero-order valence-electron chi connectivity index (χ0n) is 15.0. The predicted molar refractivity (Wildman–Crippen MR) is 116 cm³/mol. The second kappa shape index (κ2) is 6.95. The van der Waals surface area contributed by atoms with E-state index in [2.05, 4.69) is 58.9 Å². The van der Waals surface area contributed by atoms with E-state index < -0.39 is 0 Å². The summed E-state index contributed by atoms with van der Waals surface area (Å²) in [6, 6.07) is 30.5. The van der Waals surface area contributed by atoms with E-state index in [1.165, 1.54) is 10.8 Å². The van der Waals surface area contributed by atoms with Crippen LogP contribution in [0.15, 0.2) is 91.0 Å². The van der Waals surface area contributed by atoms with Crippen molar-refractivity contribution in [2.24, 2.45) is 0 Å². The van der Waals surface area contributed by atoms with E-state index in [1.807, 2.05) is 53.2 Å². The fourth-order valence-corrected chi connectivity index (χ4v) is 3.58. The smallest absolute Gasteiger partial charge is 0.113 e. The average molecular weight is 382 g/mol. The van der Waals surface area contributed by atoms with Gasteiger partial charge in [0.2, 0.25) is 0 Å². The molecule has 3 nitrogen and oxygen atoms in total. The Morgan fingerprint density at radius 3 is 2.43 bits per heavy atom. The van der Waals surface area contributed by atoms with Crippen molar-refractivity contribution in [3.63, 3.8) is 0 Å². The van der Waals surface area contributed by atoms with Crippen LogP contribution >= 0.6 is 11.6 Å². The summed E-state index contributed by atoms with van der Waals surface area (Å²) >= 11 is 6.12. The highest BCUT2D eigenvalue weighted by Gasteiger charge is 2.12. The molecule has 0 saturated carbocycles. The summed E-state index contributed by atoms with van der Waals surface area (Å²) in [5, 5.41) is 11.9. The molecule has 4 heteroatoms. The molecule has 4 aromatic carbocycles. The largest absolute Gasteiger partial charge is 0.212 e. The first kappa shape index (κ1) is 16.7. The van der Waals surface area contributed by atoms with Gasteiger partial charge in [-0.1, -0.05) is 83.5 Å². The summed E-state index contributed by atoms with van der Waals surface area (Å²) in [6.07, 6.45) is 2.16. The summed E-state index contributed by atoms with van der Waals surface area (Å²) in [4.78, 5) is 0. The Balaban J connectivity index is 1.79. The molecule has 0 atom stereocenters. The van der Waals surface area contributed by atoms with Crippen molar-refractivity contribution in [1.82, 2.24) is 15.0 Å². The van der Waals surface area contributed by atoms with Gasteiger partial charge >= 0.3 is 0 Å². The van der Waals surface area contributed by atoms with E-state index in [0.717, 1.165) is 27.9 Å². The molecule has 134 valence electrons. The molecule has 0 aliphatic rings. The van der Waals surface area contributed by atoms with Crippen LogP contribution < -0.4 is 0 Å². The lowest BCUT2D eigenvalue weighted by Crippen LogP contribution is -2.01. The number of benzene rings is 4. The highest BCUT2D eigenvalue weighted by Crippen LogP contribution is 2.28. The fourth-order valence-electron chi connectivity index (χ4n) is 3.46. The zero-order chi connectivity index (χ0) is 18.9. The van der Waals surface area contributed by atoms with Crippen LogP contribution in [-0.2, 0) is 0 Å². The Morgan fingerprint density at radius 1 is 0.786 bits per heavy atom. The first-order valence-corrected chi connectivity index (χ1v) is 9.44. The highest BCUT2D eigenvalue weighted by atomic mass is 35.5. The third kappa shape index (κ3) is 2.96. The standard InChI is InChI=1S/C24H16ClN3/c25-20-14-12-18(13-15-20)24(28-23-11-4-3-10-22(23)26-27-28)16-19-8-5-7-17-6-1-2-9-21(17)19/h1-16H. The molecule has 0 amide bonds. The number of fused-ring (bicyclic) bond motifs is 2. The molecule has 0 radical (unpaired) electrons. The van der Waals surface area contributed by atoms with Crippen LogP contribution in [0.1, 0.15) is 11.1 Å². The van der Waals surface area contributed by atoms with Gasteiger partial charge in [-0.2, -0.15) is 0 Å². The summed E-state index contributed by atoms with van der Waals surface area (Å²) in [7, 11) is 0. The molecule has 5 aromatic rings. The summed E-state index contributed by atoms with van der Waals surface area (Å²) < 4.78 is 1.89. The van der Waals surface area contributed by atoms with E-state index in [-0.39, 0.29) is 0 Å². The average Bonchev–Trinajstić information content (AvgIpc) is 3.17. The number of hydrogen-bond acceptors (Lipinski definition) is 2. The van der Waals surface area contributed by atoms with Gasteiger partial charge in [-0.25, -0.2) is 4.68 Å². The van der Waals surface area contributed by atoms with Gasteiger partial charge in [0.25, 0.3) is 0 Å². The lowest BCUT2D eigenvalue weighted by atomic mass is 10.0. The number of rotatable bonds is 3. The van der Waals surface area contributed by atoms with Crippen LogP contribution in [0.3, 0.4) is 0 Å². The Hall–Kier alpha value is -3.43. The van der Waals surface area contributed by atoms with Crippen LogP contribution in [-0.4, -0.2) is 15.0 Å². The van der Waals surface area contributed by atoms with Gasteiger partial charge in [0.05, 0.1) is 11.2 Å². The van der Waals surface area contributed by atoms with Crippen molar-refractivity contribution in [2.45, 2.75) is 0 Å². The summed E-state index contributed by atoms with van der Waals surface area (Å²) in [5.74, 6) is 0. The molecule has 0 bridgehead atoms. The number of nitrogens with zero attached hydrogens (tertiary/aromatic N) is 3. The topological polar surface area (TPSA) is 30.7 Å². The van der Waals surface area contributed by atoms with Crippen LogP contribution in [0.5, 0.6) is 0 Å². The zero-order valence-corrected chi connectivity index (χ0v) is 15.7. The molecule has 28 heavy (non-hydrogen) atoms. The Bertz CT molecular complexity index is 1310. The number of halogens is 1. The third-order valence-electron chi connectivity index (χ3n) is 4.84. The van der Waals surface area contributed by atoms with Gasteiger partial charge in [0, 0.05) is 10.6 Å². The molecule has 1 heterocycles. The molecule has 0 aliphatic carbocycles. The van der Waals surface area contributed by atoms with Crippen LogP contribution in [0.4, 0.5) is 0 Å². The van der Waals surface area contributed by atoms with E-state index in [0.29, 0.717) is 5.02 Å². The van der Waals surface area contributed by atoms with Crippen LogP contribution in [0.25, 0.3) is 33.6 Å². The van der Waals surface area contributed by atoms with Crippen molar-refractivity contribution in [1.29, 1.82) is 0 Å². The molecule has 1 aromatic heterocycles. The monoisotopic (exact) mass is 381 g/mol. The van der Waals surface area contributed by atoms with Crippen molar-refractivity contribution in [3.8, 4) is 0 Å². The van der Waals surface area contributed by atoms with Gasteiger partial charge in [-0.15, -0.1) is 5.10 Å². The van der Waals surface area contributed by atoms with E-state index in [1.54, 1.807) is 0 Å². The fraction of sp³-hybridized carbons (Fsp3) is 0. The highest BCUT2D eigenvalue weighted by molar-refractivity contribution is 6.30. The van der Waals surface area contributed by atoms with E-state index in [9.17, 15) is 0 Å².